The fraction of sp³-hybridized carbons (Fsp3) is 0.520. The van der Waals surface area contributed by atoms with Crippen LogP contribution in [0.5, 0.6) is 0 Å². The Morgan fingerprint density at radius 1 is 1.28 bits per heavy atom. The molecule has 0 bridgehead atoms. The minimum absolute atomic E-state index is 0.0413. The molecule has 0 saturated carbocycles. The molecule has 1 aliphatic heterocycles. The second kappa shape index (κ2) is 12.5. The topological polar surface area (TPSA) is 66.8 Å². The van der Waals surface area contributed by atoms with E-state index in [-0.39, 0.29) is 29.6 Å². The molecule has 0 aromatic heterocycles. The smallest absolute Gasteiger partial charge is 0.306 e. The van der Waals surface area contributed by atoms with E-state index >= 15 is 0 Å². The minimum Gasteiger partial charge on any atom is -0.463 e. The maximum Gasteiger partial charge on any atom is 0.306 e. The van der Waals surface area contributed by atoms with Crippen LogP contribution < -0.4 is 0 Å². The zero-order valence-corrected chi connectivity index (χ0v) is 18.8. The van der Waals surface area contributed by atoms with Crippen molar-refractivity contribution in [2.24, 2.45) is 0 Å². The number of aliphatic hydroxyl groups is 1. The van der Waals surface area contributed by atoms with Gasteiger partial charge < -0.3 is 14.7 Å². The highest BCUT2D eigenvalue weighted by Crippen LogP contribution is 2.32. The first-order valence-corrected chi connectivity index (χ1v) is 11.2. The average Bonchev–Trinajstić information content (AvgIpc) is 2.75. The highest BCUT2D eigenvalue weighted by molar-refractivity contribution is 5.77. The fourth-order valence-electron chi connectivity index (χ4n) is 3.56. The number of piperidine rings is 1. The summed E-state index contributed by atoms with van der Waals surface area (Å²) in [5, 5.41) is 10.1. The normalized spacial score (nSPS) is 18.6. The minimum atomic E-state index is -3.42. The molecule has 1 fully saturated rings. The quantitative estimate of drug-likeness (QED) is 0.301. The predicted octanol–water partition coefficient (Wildman–Crippen LogP) is 4.75. The van der Waals surface area contributed by atoms with Gasteiger partial charge in [0.25, 0.3) is 0 Å². The van der Waals surface area contributed by atoms with Crippen molar-refractivity contribution in [3.63, 3.8) is 0 Å². The summed E-state index contributed by atoms with van der Waals surface area (Å²) in [6.45, 7) is 3.97. The summed E-state index contributed by atoms with van der Waals surface area (Å²) in [6.07, 6.45) is 7.67. The Bertz CT molecular complexity index is 792. The number of aliphatic hydroxyl groups excluding tert-OH is 1. The van der Waals surface area contributed by atoms with Gasteiger partial charge in [-0.15, -0.1) is 0 Å². The van der Waals surface area contributed by atoms with Crippen molar-refractivity contribution in [1.29, 1.82) is 0 Å². The first-order chi connectivity index (χ1) is 15.2. The lowest BCUT2D eigenvalue weighted by Gasteiger charge is -2.33. The number of benzene rings is 1. The summed E-state index contributed by atoms with van der Waals surface area (Å²) in [4.78, 5) is 25.5. The fourth-order valence-corrected chi connectivity index (χ4v) is 3.56. The van der Waals surface area contributed by atoms with Crippen LogP contribution in [0.4, 0.5) is 8.78 Å². The van der Waals surface area contributed by atoms with Crippen LogP contribution >= 0.6 is 0 Å². The number of hydrogen-bond donors (Lipinski definition) is 1. The third kappa shape index (κ3) is 7.86. The van der Waals surface area contributed by atoms with Crippen LogP contribution in [0.2, 0.25) is 0 Å². The van der Waals surface area contributed by atoms with E-state index in [2.05, 4.69) is 0 Å². The van der Waals surface area contributed by atoms with Crippen LogP contribution in [0.15, 0.2) is 54.6 Å². The largest absolute Gasteiger partial charge is 0.463 e. The molecule has 32 heavy (non-hydrogen) atoms. The van der Waals surface area contributed by atoms with E-state index in [9.17, 15) is 23.5 Å². The average molecular weight is 450 g/mol. The summed E-state index contributed by atoms with van der Waals surface area (Å²) in [7, 11) is 0. The molecule has 1 aromatic carbocycles. The summed E-state index contributed by atoms with van der Waals surface area (Å²) in [5.74, 6) is -3.69. The third-order valence-electron chi connectivity index (χ3n) is 5.24. The van der Waals surface area contributed by atoms with Crippen molar-refractivity contribution in [1.82, 2.24) is 4.90 Å². The van der Waals surface area contributed by atoms with Crippen molar-refractivity contribution in [3.05, 3.63) is 60.2 Å². The molecule has 1 amide bonds. The number of likely N-dealkylation sites (tertiary alicyclic amines) is 1. The van der Waals surface area contributed by atoms with Crippen LogP contribution in [-0.4, -0.2) is 46.7 Å². The number of esters is 1. The highest BCUT2D eigenvalue weighted by atomic mass is 19.3. The molecule has 0 radical (unpaired) electrons. The first-order valence-electron chi connectivity index (χ1n) is 11.2. The van der Waals surface area contributed by atoms with Gasteiger partial charge in [0.1, 0.15) is 6.10 Å². The van der Waals surface area contributed by atoms with E-state index in [1.54, 1.807) is 24.8 Å². The van der Waals surface area contributed by atoms with Gasteiger partial charge in [-0.3, -0.25) is 9.59 Å². The molecule has 1 aliphatic rings. The van der Waals surface area contributed by atoms with Gasteiger partial charge in [-0.25, -0.2) is 0 Å². The Morgan fingerprint density at radius 2 is 2.00 bits per heavy atom. The number of carbonyl (C=O) groups excluding carboxylic acids is 2. The Morgan fingerprint density at radius 3 is 2.69 bits per heavy atom. The predicted molar refractivity (Wildman–Crippen MR) is 119 cm³/mol. The van der Waals surface area contributed by atoms with Gasteiger partial charge in [0.2, 0.25) is 5.91 Å². The Kier molecular flexibility index (Phi) is 10.0. The first kappa shape index (κ1) is 25.7. The van der Waals surface area contributed by atoms with Crippen LogP contribution in [-0.2, 0) is 20.2 Å². The molecule has 7 heteroatoms. The number of carbonyl (C=O) groups is 2. The molecule has 5 nitrogen and oxygen atoms in total. The molecule has 1 heterocycles. The summed E-state index contributed by atoms with van der Waals surface area (Å²) < 4.78 is 34.1. The molecule has 2 atom stereocenters. The highest BCUT2D eigenvalue weighted by Gasteiger charge is 2.39. The number of alkyl halides is 2. The van der Waals surface area contributed by atoms with Crippen LogP contribution in [0.25, 0.3) is 0 Å². The van der Waals surface area contributed by atoms with Crippen molar-refractivity contribution in [2.75, 3.05) is 6.54 Å². The zero-order valence-electron chi connectivity index (χ0n) is 18.8. The summed E-state index contributed by atoms with van der Waals surface area (Å²) in [5.41, 5.74) is -0.256. The molecular weight excluding hydrogens is 416 g/mol. The number of halogens is 2. The van der Waals surface area contributed by atoms with Gasteiger partial charge in [0.05, 0.1) is 12.1 Å². The van der Waals surface area contributed by atoms with E-state index in [1.807, 2.05) is 12.2 Å². The van der Waals surface area contributed by atoms with Gasteiger partial charge in [-0.2, -0.15) is 8.78 Å². The third-order valence-corrected chi connectivity index (χ3v) is 5.24. The lowest BCUT2D eigenvalue weighted by atomic mass is 9.98. The Balaban J connectivity index is 1.90. The summed E-state index contributed by atoms with van der Waals surface area (Å²) in [6, 6.07) is 6.85. The monoisotopic (exact) mass is 449 g/mol. The SMILES string of the molecule is CC(C)OC(=O)CCC/C=C\CN1C(=O)CCC[C@@H]1/C=C/[C@@H](O)C(F)(F)c1ccccc1. The van der Waals surface area contributed by atoms with Crippen molar-refractivity contribution in [3.8, 4) is 0 Å². The van der Waals surface area contributed by atoms with Crippen molar-refractivity contribution >= 4 is 11.9 Å². The van der Waals surface area contributed by atoms with Gasteiger partial charge in [0.15, 0.2) is 0 Å². The summed E-state index contributed by atoms with van der Waals surface area (Å²) >= 11 is 0. The second-order valence-corrected chi connectivity index (χ2v) is 8.23. The zero-order chi connectivity index (χ0) is 23.6. The maximum atomic E-state index is 14.5. The Hall–Kier alpha value is -2.54. The number of nitrogens with zero attached hydrogens (tertiary/aromatic N) is 1. The van der Waals surface area contributed by atoms with Gasteiger partial charge >= 0.3 is 11.9 Å². The number of hydrogen-bond acceptors (Lipinski definition) is 4. The number of unbranched alkanes of at least 4 members (excludes halogenated alkanes) is 1. The van der Waals surface area contributed by atoms with E-state index in [1.165, 1.54) is 30.3 Å². The van der Waals surface area contributed by atoms with Crippen LogP contribution in [0.1, 0.15) is 57.9 Å². The molecule has 0 aliphatic carbocycles. The van der Waals surface area contributed by atoms with Crippen molar-refractivity contribution < 1.29 is 28.2 Å². The van der Waals surface area contributed by atoms with Gasteiger partial charge in [-0.05, 0) is 39.5 Å². The number of ether oxygens (including phenoxy) is 1. The Labute approximate surface area is 188 Å². The number of amides is 1. The molecule has 2 rings (SSSR count). The van der Waals surface area contributed by atoms with Gasteiger partial charge in [0, 0.05) is 24.9 Å². The lowest BCUT2D eigenvalue weighted by molar-refractivity contribution is -0.147. The van der Waals surface area contributed by atoms with E-state index < -0.39 is 12.0 Å². The molecular formula is C25H33F2NO4. The molecule has 1 N–H and O–H groups in total. The molecule has 0 spiro atoms. The van der Waals surface area contributed by atoms with E-state index in [0.29, 0.717) is 45.1 Å². The standard InChI is InChI=1S/C25H33F2NO4/c1-19(2)32-24(31)15-8-3-4-9-18-28-21(13-10-14-23(28)30)16-17-22(29)25(26,27)20-11-6-5-7-12-20/h4-7,9,11-12,16-17,19,21-22,29H,3,8,10,13-15,18H2,1-2H3/b9-4-,17-16+/t21-,22-/m1/s1. The lowest BCUT2D eigenvalue weighted by Crippen LogP contribution is -2.43. The van der Waals surface area contributed by atoms with Crippen LogP contribution in [0, 0.1) is 0 Å². The number of rotatable bonds is 11. The molecule has 1 aromatic rings. The van der Waals surface area contributed by atoms with Crippen LogP contribution in [0.3, 0.4) is 0 Å². The maximum absolute atomic E-state index is 14.5. The van der Waals surface area contributed by atoms with Crippen molar-refractivity contribution in [2.45, 2.75) is 76.5 Å². The molecule has 1 saturated heterocycles. The van der Waals surface area contributed by atoms with Gasteiger partial charge in [-0.1, -0.05) is 54.6 Å². The second-order valence-electron chi connectivity index (χ2n) is 8.23. The van der Waals surface area contributed by atoms with E-state index in [0.717, 1.165) is 6.08 Å². The van der Waals surface area contributed by atoms with E-state index in [4.69, 9.17) is 4.74 Å². The molecule has 0 unspecified atom stereocenters. The molecule has 176 valence electrons. The number of allylic oxidation sites excluding steroid dienone is 1.